The third-order valence-corrected chi connectivity index (χ3v) is 3.18. The first kappa shape index (κ1) is 14.8. The minimum absolute atomic E-state index is 0.0692. The lowest BCUT2D eigenvalue weighted by atomic mass is 10.1. The van der Waals surface area contributed by atoms with Gasteiger partial charge in [-0.2, -0.15) is 0 Å². The van der Waals surface area contributed by atoms with Gasteiger partial charge in [-0.05, 0) is 12.0 Å². The molecular formula is C16H21NO3. The summed E-state index contributed by atoms with van der Waals surface area (Å²) in [6.45, 7) is 3.25. The van der Waals surface area contributed by atoms with Crippen LogP contribution in [0.4, 0.5) is 0 Å². The van der Waals surface area contributed by atoms with Crippen molar-refractivity contribution in [2.75, 3.05) is 26.4 Å². The topological polar surface area (TPSA) is 47.6 Å². The second-order valence-corrected chi connectivity index (χ2v) is 4.88. The van der Waals surface area contributed by atoms with Crippen LogP contribution < -0.4 is 5.32 Å². The summed E-state index contributed by atoms with van der Waals surface area (Å²) in [5, 5.41) is 2.87. The summed E-state index contributed by atoms with van der Waals surface area (Å²) in [7, 11) is 0. The fourth-order valence-corrected chi connectivity index (χ4v) is 2.02. The quantitative estimate of drug-likeness (QED) is 0.611. The third-order valence-electron chi connectivity index (χ3n) is 3.18. The van der Waals surface area contributed by atoms with E-state index < -0.39 is 0 Å². The average molecular weight is 275 g/mol. The molecule has 1 aromatic carbocycles. The van der Waals surface area contributed by atoms with Crippen LogP contribution >= 0.6 is 0 Å². The molecule has 0 aromatic heterocycles. The number of rotatable bonds is 7. The van der Waals surface area contributed by atoms with Crippen LogP contribution in [0.25, 0.3) is 0 Å². The van der Waals surface area contributed by atoms with Crippen molar-refractivity contribution >= 4 is 5.91 Å². The standard InChI is InChI=1S/C16H21NO3/c18-16(17-11-15-8-10-20-13-15)7-4-9-19-12-14-5-2-1-3-6-14/h1-7,15H,8-13H2,(H,17,18). The summed E-state index contributed by atoms with van der Waals surface area (Å²) >= 11 is 0. The van der Waals surface area contributed by atoms with Crippen LogP contribution in [0.15, 0.2) is 42.5 Å². The Morgan fingerprint density at radius 2 is 2.25 bits per heavy atom. The molecule has 2 rings (SSSR count). The van der Waals surface area contributed by atoms with Crippen molar-refractivity contribution < 1.29 is 14.3 Å². The maximum atomic E-state index is 11.5. The van der Waals surface area contributed by atoms with E-state index in [-0.39, 0.29) is 5.91 Å². The lowest BCUT2D eigenvalue weighted by molar-refractivity contribution is -0.116. The lowest BCUT2D eigenvalue weighted by Gasteiger charge is -2.07. The largest absolute Gasteiger partial charge is 0.381 e. The van der Waals surface area contributed by atoms with E-state index in [1.807, 2.05) is 30.3 Å². The Morgan fingerprint density at radius 1 is 1.40 bits per heavy atom. The molecule has 0 bridgehead atoms. The fraction of sp³-hybridized carbons (Fsp3) is 0.438. The third kappa shape index (κ3) is 5.55. The second kappa shape index (κ2) is 8.51. The van der Waals surface area contributed by atoms with Gasteiger partial charge in [0.25, 0.3) is 0 Å². The van der Waals surface area contributed by atoms with Crippen molar-refractivity contribution in [2.24, 2.45) is 5.92 Å². The highest BCUT2D eigenvalue weighted by Gasteiger charge is 2.15. The summed E-state index contributed by atoms with van der Waals surface area (Å²) in [4.78, 5) is 11.5. The molecule has 0 radical (unpaired) electrons. The minimum Gasteiger partial charge on any atom is -0.381 e. The molecule has 1 N–H and O–H groups in total. The van der Waals surface area contributed by atoms with E-state index in [4.69, 9.17) is 9.47 Å². The predicted octanol–water partition coefficient (Wildman–Crippen LogP) is 1.91. The summed E-state index contributed by atoms with van der Waals surface area (Å²) in [6, 6.07) is 9.97. The Bertz CT molecular complexity index is 425. The average Bonchev–Trinajstić information content (AvgIpc) is 2.99. The van der Waals surface area contributed by atoms with E-state index in [0.717, 1.165) is 25.2 Å². The lowest BCUT2D eigenvalue weighted by Crippen LogP contribution is -2.27. The van der Waals surface area contributed by atoms with Gasteiger partial charge in [-0.1, -0.05) is 36.4 Å². The smallest absolute Gasteiger partial charge is 0.243 e. The Balaban J connectivity index is 1.55. The molecule has 1 aliphatic heterocycles. The summed E-state index contributed by atoms with van der Waals surface area (Å²) in [5.74, 6) is 0.391. The summed E-state index contributed by atoms with van der Waals surface area (Å²) in [5.41, 5.74) is 1.13. The van der Waals surface area contributed by atoms with Gasteiger partial charge < -0.3 is 14.8 Å². The van der Waals surface area contributed by atoms with Gasteiger partial charge >= 0.3 is 0 Å². The van der Waals surface area contributed by atoms with Crippen molar-refractivity contribution in [3.8, 4) is 0 Å². The van der Waals surface area contributed by atoms with Gasteiger partial charge in [-0.3, -0.25) is 4.79 Å². The van der Waals surface area contributed by atoms with Crippen LogP contribution in [0.1, 0.15) is 12.0 Å². The molecular weight excluding hydrogens is 254 g/mol. The van der Waals surface area contributed by atoms with Gasteiger partial charge in [-0.15, -0.1) is 0 Å². The zero-order valence-corrected chi connectivity index (χ0v) is 11.6. The van der Waals surface area contributed by atoms with Crippen molar-refractivity contribution in [3.05, 3.63) is 48.0 Å². The highest BCUT2D eigenvalue weighted by Crippen LogP contribution is 2.10. The Kier molecular flexibility index (Phi) is 6.27. The molecule has 1 heterocycles. The summed E-state index contributed by atoms with van der Waals surface area (Å²) in [6.07, 6.45) is 4.30. The van der Waals surface area contributed by atoms with Gasteiger partial charge in [0.2, 0.25) is 5.91 Å². The first-order valence-electron chi connectivity index (χ1n) is 6.98. The number of nitrogens with one attached hydrogen (secondary N) is 1. The first-order valence-corrected chi connectivity index (χ1v) is 6.98. The predicted molar refractivity (Wildman–Crippen MR) is 77.2 cm³/mol. The zero-order valence-electron chi connectivity index (χ0n) is 11.6. The molecule has 20 heavy (non-hydrogen) atoms. The zero-order chi connectivity index (χ0) is 14.0. The number of ether oxygens (including phenoxy) is 2. The monoisotopic (exact) mass is 275 g/mol. The van der Waals surface area contributed by atoms with Gasteiger partial charge in [-0.25, -0.2) is 0 Å². The number of hydrogen-bond donors (Lipinski definition) is 1. The maximum Gasteiger partial charge on any atom is 0.243 e. The van der Waals surface area contributed by atoms with Crippen LogP contribution in [-0.4, -0.2) is 32.3 Å². The Morgan fingerprint density at radius 3 is 3.00 bits per heavy atom. The SMILES string of the molecule is O=C(C=CCOCc1ccccc1)NCC1CCOC1. The Labute approximate surface area is 119 Å². The molecule has 1 aliphatic rings. The molecule has 108 valence electrons. The molecule has 0 aliphatic carbocycles. The molecule has 1 unspecified atom stereocenters. The molecule has 1 fully saturated rings. The van der Waals surface area contributed by atoms with E-state index in [1.54, 1.807) is 6.08 Å². The first-order chi connectivity index (χ1) is 9.84. The van der Waals surface area contributed by atoms with Gasteiger partial charge in [0.15, 0.2) is 0 Å². The highest BCUT2D eigenvalue weighted by atomic mass is 16.5. The number of benzene rings is 1. The minimum atomic E-state index is -0.0692. The van der Waals surface area contributed by atoms with Gasteiger partial charge in [0.05, 0.1) is 19.8 Å². The van der Waals surface area contributed by atoms with Crippen molar-refractivity contribution in [3.63, 3.8) is 0 Å². The van der Waals surface area contributed by atoms with Crippen molar-refractivity contribution in [1.82, 2.24) is 5.32 Å². The molecule has 4 nitrogen and oxygen atoms in total. The maximum absolute atomic E-state index is 11.5. The summed E-state index contributed by atoms with van der Waals surface area (Å²) < 4.78 is 10.7. The number of amides is 1. The number of hydrogen-bond acceptors (Lipinski definition) is 3. The van der Waals surface area contributed by atoms with Crippen LogP contribution in [0, 0.1) is 5.92 Å². The Hall–Kier alpha value is -1.65. The molecule has 1 aromatic rings. The molecule has 0 saturated carbocycles. The molecule has 1 atom stereocenters. The van der Waals surface area contributed by atoms with E-state index in [0.29, 0.717) is 25.7 Å². The van der Waals surface area contributed by atoms with Crippen LogP contribution in [0.2, 0.25) is 0 Å². The van der Waals surface area contributed by atoms with E-state index in [1.165, 1.54) is 6.08 Å². The van der Waals surface area contributed by atoms with Crippen molar-refractivity contribution in [1.29, 1.82) is 0 Å². The van der Waals surface area contributed by atoms with E-state index in [2.05, 4.69) is 5.32 Å². The molecule has 1 saturated heterocycles. The van der Waals surface area contributed by atoms with Gasteiger partial charge in [0, 0.05) is 25.1 Å². The number of carbonyl (C=O) groups excluding carboxylic acids is 1. The van der Waals surface area contributed by atoms with Crippen LogP contribution in [0.3, 0.4) is 0 Å². The second-order valence-electron chi connectivity index (χ2n) is 4.88. The molecule has 4 heteroatoms. The van der Waals surface area contributed by atoms with Gasteiger partial charge in [0.1, 0.15) is 0 Å². The van der Waals surface area contributed by atoms with Crippen LogP contribution in [0.5, 0.6) is 0 Å². The van der Waals surface area contributed by atoms with E-state index in [9.17, 15) is 4.79 Å². The normalized spacial score (nSPS) is 18.5. The van der Waals surface area contributed by atoms with E-state index >= 15 is 0 Å². The molecule has 1 amide bonds. The number of carbonyl (C=O) groups is 1. The van der Waals surface area contributed by atoms with Crippen LogP contribution in [-0.2, 0) is 20.9 Å². The fourth-order valence-electron chi connectivity index (χ4n) is 2.02. The molecule has 0 spiro atoms. The highest BCUT2D eigenvalue weighted by molar-refractivity contribution is 5.87. The van der Waals surface area contributed by atoms with Crippen molar-refractivity contribution in [2.45, 2.75) is 13.0 Å².